The second kappa shape index (κ2) is 6.07. The number of rotatable bonds is 3. The van der Waals surface area contributed by atoms with Crippen molar-refractivity contribution in [2.45, 2.75) is 12.5 Å². The van der Waals surface area contributed by atoms with E-state index in [-0.39, 0.29) is 17.1 Å². The van der Waals surface area contributed by atoms with Gasteiger partial charge in [0.1, 0.15) is 0 Å². The quantitative estimate of drug-likeness (QED) is 0.866. The van der Waals surface area contributed by atoms with E-state index in [4.69, 9.17) is 11.6 Å². The van der Waals surface area contributed by atoms with Crippen molar-refractivity contribution in [3.05, 3.63) is 40.9 Å². The van der Waals surface area contributed by atoms with Crippen molar-refractivity contribution in [3.63, 3.8) is 0 Å². The van der Waals surface area contributed by atoms with Gasteiger partial charge in [0.25, 0.3) is 0 Å². The van der Waals surface area contributed by atoms with Gasteiger partial charge in [-0.3, -0.25) is 9.59 Å². The van der Waals surface area contributed by atoms with Crippen LogP contribution >= 0.6 is 23.4 Å². The fourth-order valence-corrected chi connectivity index (χ4v) is 2.65. The number of nitrogens with one attached hydrogen (secondary N) is 1. The Morgan fingerprint density at radius 3 is 2.72 bits per heavy atom. The third-order valence-electron chi connectivity index (χ3n) is 2.55. The molecule has 0 unspecified atom stereocenters. The Bertz CT molecular complexity index is 484. The normalized spacial score (nSPS) is 19.4. The van der Waals surface area contributed by atoms with Crippen molar-refractivity contribution in [2.24, 2.45) is 0 Å². The number of thioether (sulfide) groups is 1. The molecule has 0 aliphatic carbocycles. The predicted molar refractivity (Wildman–Crippen MR) is 74.5 cm³/mol. The largest absolute Gasteiger partial charge is 0.342 e. The lowest BCUT2D eigenvalue weighted by Gasteiger charge is -2.06. The first-order chi connectivity index (χ1) is 8.65. The highest BCUT2D eigenvalue weighted by atomic mass is 35.5. The standard InChI is InChI=1S/C13H12ClNO2S/c14-10-4-1-9(2-5-10)3-6-12(16)15-11-7-8-18-13(11)17/h1-6,11H,7-8H2,(H,15,16)/b6-3+/t11-/m0/s1. The van der Waals surface area contributed by atoms with Gasteiger partial charge in [-0.15, -0.1) is 0 Å². The second-order valence-electron chi connectivity index (χ2n) is 3.90. The van der Waals surface area contributed by atoms with E-state index in [9.17, 15) is 9.59 Å². The second-order valence-corrected chi connectivity index (χ2v) is 5.44. The molecule has 1 aromatic carbocycles. The minimum Gasteiger partial charge on any atom is -0.342 e. The Morgan fingerprint density at radius 1 is 1.39 bits per heavy atom. The Balaban J connectivity index is 1.90. The van der Waals surface area contributed by atoms with Crippen LogP contribution in [0.25, 0.3) is 6.08 Å². The number of carbonyl (C=O) groups is 2. The van der Waals surface area contributed by atoms with E-state index in [2.05, 4.69) is 5.32 Å². The molecule has 1 aliphatic heterocycles. The average Bonchev–Trinajstić information content (AvgIpc) is 2.74. The molecular formula is C13H12ClNO2S. The van der Waals surface area contributed by atoms with Crippen LogP contribution in [-0.2, 0) is 9.59 Å². The number of benzene rings is 1. The van der Waals surface area contributed by atoms with Crippen LogP contribution in [0.1, 0.15) is 12.0 Å². The predicted octanol–water partition coefficient (Wildman–Crippen LogP) is 2.50. The van der Waals surface area contributed by atoms with Gasteiger partial charge in [0.2, 0.25) is 11.0 Å². The molecule has 1 amide bonds. The molecule has 0 radical (unpaired) electrons. The Labute approximate surface area is 115 Å². The molecule has 1 N–H and O–H groups in total. The lowest BCUT2D eigenvalue weighted by molar-refractivity contribution is -0.120. The van der Waals surface area contributed by atoms with E-state index in [0.717, 1.165) is 11.3 Å². The molecule has 1 fully saturated rings. The van der Waals surface area contributed by atoms with Crippen LogP contribution < -0.4 is 5.32 Å². The zero-order valence-corrected chi connectivity index (χ0v) is 11.1. The molecule has 1 aromatic rings. The topological polar surface area (TPSA) is 46.2 Å². The van der Waals surface area contributed by atoms with Gasteiger partial charge in [-0.1, -0.05) is 35.5 Å². The number of amides is 1. The Hall–Kier alpha value is -1.26. The lowest BCUT2D eigenvalue weighted by Crippen LogP contribution is -2.35. The number of halogens is 1. The van der Waals surface area contributed by atoms with Crippen molar-refractivity contribution >= 4 is 40.5 Å². The smallest absolute Gasteiger partial charge is 0.244 e. The summed E-state index contributed by atoms with van der Waals surface area (Å²) in [7, 11) is 0. The van der Waals surface area contributed by atoms with E-state index in [1.54, 1.807) is 18.2 Å². The third-order valence-corrected chi connectivity index (χ3v) is 3.81. The molecule has 0 spiro atoms. The van der Waals surface area contributed by atoms with E-state index < -0.39 is 0 Å². The monoisotopic (exact) mass is 281 g/mol. The van der Waals surface area contributed by atoms with Crippen molar-refractivity contribution in [2.75, 3.05) is 5.75 Å². The van der Waals surface area contributed by atoms with Gasteiger partial charge < -0.3 is 5.32 Å². The summed E-state index contributed by atoms with van der Waals surface area (Å²) in [4.78, 5) is 22.9. The molecule has 94 valence electrons. The van der Waals surface area contributed by atoms with Crippen molar-refractivity contribution in [3.8, 4) is 0 Å². The maximum absolute atomic E-state index is 11.6. The molecule has 5 heteroatoms. The first-order valence-electron chi connectivity index (χ1n) is 5.56. The molecule has 1 heterocycles. The average molecular weight is 282 g/mol. The summed E-state index contributed by atoms with van der Waals surface area (Å²) in [6, 6.07) is 6.83. The van der Waals surface area contributed by atoms with E-state index in [1.165, 1.54) is 17.8 Å². The highest BCUT2D eigenvalue weighted by molar-refractivity contribution is 8.14. The van der Waals surface area contributed by atoms with Gasteiger partial charge in [-0.25, -0.2) is 0 Å². The summed E-state index contributed by atoms with van der Waals surface area (Å²) in [5, 5.41) is 3.39. The maximum Gasteiger partial charge on any atom is 0.244 e. The van der Waals surface area contributed by atoms with Gasteiger partial charge in [-0.05, 0) is 30.2 Å². The van der Waals surface area contributed by atoms with E-state index in [0.29, 0.717) is 11.4 Å². The Kier molecular flexibility index (Phi) is 4.44. The summed E-state index contributed by atoms with van der Waals surface area (Å²) in [5.74, 6) is 0.538. The van der Waals surface area contributed by atoms with Crippen molar-refractivity contribution in [1.29, 1.82) is 0 Å². The third kappa shape index (κ3) is 3.62. The zero-order valence-electron chi connectivity index (χ0n) is 9.56. The minimum atomic E-state index is -0.336. The lowest BCUT2D eigenvalue weighted by atomic mass is 10.2. The fraction of sp³-hybridized carbons (Fsp3) is 0.231. The first-order valence-corrected chi connectivity index (χ1v) is 6.92. The molecule has 0 saturated carbocycles. The fourth-order valence-electron chi connectivity index (χ4n) is 1.59. The van der Waals surface area contributed by atoms with E-state index in [1.807, 2.05) is 12.1 Å². The number of carbonyl (C=O) groups excluding carboxylic acids is 2. The molecule has 1 atom stereocenters. The molecule has 1 saturated heterocycles. The van der Waals surface area contributed by atoms with Gasteiger partial charge in [0, 0.05) is 16.9 Å². The first kappa shape index (κ1) is 13.2. The van der Waals surface area contributed by atoms with E-state index >= 15 is 0 Å². The zero-order chi connectivity index (χ0) is 13.0. The molecule has 0 bridgehead atoms. The van der Waals surface area contributed by atoms with Gasteiger partial charge in [0.15, 0.2) is 0 Å². The highest BCUT2D eigenvalue weighted by Gasteiger charge is 2.25. The van der Waals surface area contributed by atoms with Gasteiger partial charge in [-0.2, -0.15) is 0 Å². The molecule has 18 heavy (non-hydrogen) atoms. The summed E-state index contributed by atoms with van der Waals surface area (Å²) < 4.78 is 0. The van der Waals surface area contributed by atoms with Crippen LogP contribution in [0.4, 0.5) is 0 Å². The number of hydrogen-bond acceptors (Lipinski definition) is 3. The Morgan fingerprint density at radius 2 is 2.11 bits per heavy atom. The maximum atomic E-state index is 11.6. The van der Waals surface area contributed by atoms with Crippen LogP contribution in [0.5, 0.6) is 0 Å². The van der Waals surface area contributed by atoms with Crippen LogP contribution in [0.3, 0.4) is 0 Å². The minimum absolute atomic E-state index is 0.0447. The van der Waals surface area contributed by atoms with Crippen LogP contribution in [0.15, 0.2) is 30.3 Å². The summed E-state index contributed by atoms with van der Waals surface area (Å²) in [6.07, 6.45) is 3.84. The SMILES string of the molecule is O=C(/C=C/c1ccc(Cl)cc1)N[C@H]1CCSC1=O. The van der Waals surface area contributed by atoms with Crippen LogP contribution in [0.2, 0.25) is 5.02 Å². The van der Waals surface area contributed by atoms with Crippen molar-refractivity contribution in [1.82, 2.24) is 5.32 Å². The summed E-state index contributed by atoms with van der Waals surface area (Å²) in [5.41, 5.74) is 0.890. The van der Waals surface area contributed by atoms with Gasteiger partial charge in [0.05, 0.1) is 6.04 Å². The summed E-state index contributed by atoms with van der Waals surface area (Å²) in [6.45, 7) is 0. The number of hydrogen-bond donors (Lipinski definition) is 1. The summed E-state index contributed by atoms with van der Waals surface area (Å²) >= 11 is 7.03. The van der Waals surface area contributed by atoms with Crippen LogP contribution in [-0.4, -0.2) is 22.8 Å². The highest BCUT2D eigenvalue weighted by Crippen LogP contribution is 2.19. The van der Waals surface area contributed by atoms with Gasteiger partial charge >= 0.3 is 0 Å². The molecular weight excluding hydrogens is 270 g/mol. The molecule has 0 aromatic heterocycles. The molecule has 1 aliphatic rings. The molecule has 3 nitrogen and oxygen atoms in total. The molecule has 2 rings (SSSR count). The van der Waals surface area contributed by atoms with Crippen molar-refractivity contribution < 1.29 is 9.59 Å². The van der Waals surface area contributed by atoms with Crippen LogP contribution in [0, 0.1) is 0 Å².